The first-order valence-corrected chi connectivity index (χ1v) is 8.58. The Morgan fingerprint density at radius 1 is 0.862 bits per heavy atom. The van der Waals surface area contributed by atoms with E-state index in [0.717, 1.165) is 30.6 Å². The number of fused-ring (bicyclic) bond motifs is 1. The molecule has 10 heteroatoms. The minimum absolute atomic E-state index is 0. The second-order valence-electron chi connectivity index (χ2n) is 6.81. The molecule has 0 saturated carbocycles. The second kappa shape index (κ2) is 8.64. The summed E-state index contributed by atoms with van der Waals surface area (Å²) in [6.45, 7) is 1.68. The number of benzene rings is 2. The van der Waals surface area contributed by atoms with Crippen molar-refractivity contribution in [3.05, 3.63) is 59.0 Å². The molecule has 1 fully saturated rings. The third-order valence-corrected chi connectivity index (χ3v) is 5.12. The highest BCUT2D eigenvalue weighted by Gasteiger charge is 2.30. The standard InChI is InChI=1S/C19H16F5N3.ClH.H2O/c1-26-8-6-10(7-9-26)18-11-4-2-3-5-12(11)27(25-18)19-16(23)14(21)13(20)15(22)17(19)24;;/h2-5,10H,6-9H2,1H3;1H;1H2. The van der Waals surface area contributed by atoms with Crippen LogP contribution in [0.15, 0.2) is 24.3 Å². The molecule has 2 heterocycles. The Balaban J connectivity index is 0.00000150. The Kier molecular flexibility index (Phi) is 6.87. The van der Waals surface area contributed by atoms with Gasteiger partial charge in [0.25, 0.3) is 0 Å². The molecule has 1 aliphatic heterocycles. The molecule has 1 aliphatic rings. The molecule has 1 aromatic heterocycles. The first kappa shape index (κ1) is 23.1. The lowest BCUT2D eigenvalue weighted by atomic mass is 9.92. The van der Waals surface area contributed by atoms with E-state index in [4.69, 9.17) is 0 Å². The maximum atomic E-state index is 14.3. The molecule has 3 aromatic rings. The molecule has 0 radical (unpaired) electrons. The zero-order chi connectivity index (χ0) is 19.3. The van der Waals surface area contributed by atoms with Crippen molar-refractivity contribution in [1.29, 1.82) is 0 Å². The van der Waals surface area contributed by atoms with E-state index >= 15 is 0 Å². The highest BCUT2D eigenvalue weighted by atomic mass is 35.5. The van der Waals surface area contributed by atoms with Crippen molar-refractivity contribution in [3.63, 3.8) is 0 Å². The largest absolute Gasteiger partial charge is 0.412 e. The van der Waals surface area contributed by atoms with E-state index in [1.807, 2.05) is 7.05 Å². The molecule has 29 heavy (non-hydrogen) atoms. The number of piperidine rings is 1. The molecule has 4 rings (SSSR count). The van der Waals surface area contributed by atoms with E-state index in [-0.39, 0.29) is 23.8 Å². The highest BCUT2D eigenvalue weighted by molar-refractivity contribution is 5.85. The molecule has 1 saturated heterocycles. The van der Waals surface area contributed by atoms with Gasteiger partial charge in [0.15, 0.2) is 23.3 Å². The van der Waals surface area contributed by atoms with Gasteiger partial charge in [-0.05, 0) is 39.0 Å². The summed E-state index contributed by atoms with van der Waals surface area (Å²) in [5.41, 5.74) is -0.140. The van der Waals surface area contributed by atoms with E-state index in [2.05, 4.69) is 10.00 Å². The normalized spacial score (nSPS) is 15.2. The number of halogens is 6. The van der Waals surface area contributed by atoms with Gasteiger partial charge in [-0.15, -0.1) is 12.4 Å². The summed E-state index contributed by atoms with van der Waals surface area (Å²) in [5.74, 6) is -9.88. The van der Waals surface area contributed by atoms with Crippen LogP contribution in [0.2, 0.25) is 0 Å². The second-order valence-corrected chi connectivity index (χ2v) is 6.81. The van der Waals surface area contributed by atoms with E-state index in [1.54, 1.807) is 24.3 Å². The van der Waals surface area contributed by atoms with Crippen molar-refractivity contribution in [2.45, 2.75) is 18.8 Å². The van der Waals surface area contributed by atoms with Crippen LogP contribution in [0.4, 0.5) is 22.0 Å². The number of nitrogens with zero attached hydrogens (tertiary/aromatic N) is 3. The first-order chi connectivity index (χ1) is 12.9. The van der Waals surface area contributed by atoms with Crippen molar-refractivity contribution in [2.75, 3.05) is 20.1 Å². The molecule has 0 amide bonds. The molecular weight excluding hydrogens is 417 g/mol. The van der Waals surface area contributed by atoms with Crippen molar-refractivity contribution in [1.82, 2.24) is 14.7 Å². The van der Waals surface area contributed by atoms with Crippen LogP contribution in [0.25, 0.3) is 16.6 Å². The fraction of sp³-hybridized carbons (Fsp3) is 0.316. The van der Waals surface area contributed by atoms with E-state index in [1.165, 1.54) is 0 Å². The van der Waals surface area contributed by atoms with E-state index in [9.17, 15) is 22.0 Å². The molecule has 0 atom stereocenters. The highest BCUT2D eigenvalue weighted by Crippen LogP contribution is 2.35. The Bertz CT molecular complexity index is 1010. The maximum absolute atomic E-state index is 14.3. The van der Waals surface area contributed by atoms with Gasteiger partial charge in [-0.3, -0.25) is 0 Å². The molecule has 0 unspecified atom stereocenters. The lowest BCUT2D eigenvalue weighted by Gasteiger charge is -2.28. The number of aromatic nitrogens is 2. The SMILES string of the molecule is CN1CCC(c2nn(-c3c(F)c(F)c(F)c(F)c3F)c3ccccc23)CC1.Cl.O. The van der Waals surface area contributed by atoms with Gasteiger partial charge in [0, 0.05) is 11.3 Å². The third-order valence-electron chi connectivity index (χ3n) is 5.12. The maximum Gasteiger partial charge on any atom is 0.200 e. The van der Waals surface area contributed by atoms with Crippen molar-refractivity contribution in [3.8, 4) is 5.69 Å². The summed E-state index contributed by atoms with van der Waals surface area (Å²) in [4.78, 5) is 2.17. The summed E-state index contributed by atoms with van der Waals surface area (Å²) in [7, 11) is 2.00. The van der Waals surface area contributed by atoms with Crippen LogP contribution in [0.3, 0.4) is 0 Å². The van der Waals surface area contributed by atoms with Gasteiger partial charge in [0.1, 0.15) is 5.69 Å². The fourth-order valence-electron chi connectivity index (χ4n) is 3.62. The summed E-state index contributed by atoms with van der Waals surface area (Å²) < 4.78 is 70.3. The van der Waals surface area contributed by atoms with Gasteiger partial charge in [-0.25, -0.2) is 26.6 Å². The van der Waals surface area contributed by atoms with Crippen LogP contribution in [0.1, 0.15) is 24.5 Å². The van der Waals surface area contributed by atoms with Crippen molar-refractivity contribution < 1.29 is 27.4 Å². The number of likely N-dealkylation sites (tertiary alicyclic amines) is 1. The van der Waals surface area contributed by atoms with Crippen LogP contribution in [0, 0.1) is 29.1 Å². The van der Waals surface area contributed by atoms with E-state index in [0.29, 0.717) is 16.6 Å². The lowest BCUT2D eigenvalue weighted by molar-refractivity contribution is 0.253. The van der Waals surface area contributed by atoms with Gasteiger partial charge in [0.2, 0.25) is 5.82 Å². The molecule has 0 spiro atoms. The minimum atomic E-state index is -2.18. The Labute approximate surface area is 169 Å². The topological polar surface area (TPSA) is 52.6 Å². The molecule has 2 aromatic carbocycles. The average Bonchev–Trinajstić information content (AvgIpc) is 3.05. The van der Waals surface area contributed by atoms with Crippen LogP contribution < -0.4 is 0 Å². The van der Waals surface area contributed by atoms with Crippen LogP contribution in [0.5, 0.6) is 0 Å². The van der Waals surface area contributed by atoms with Crippen LogP contribution >= 0.6 is 12.4 Å². The quantitative estimate of drug-likeness (QED) is 0.345. The zero-order valence-electron chi connectivity index (χ0n) is 15.4. The molecule has 158 valence electrons. The lowest BCUT2D eigenvalue weighted by Crippen LogP contribution is -2.29. The number of hydrogen-bond acceptors (Lipinski definition) is 2. The monoisotopic (exact) mass is 435 g/mol. The summed E-state index contributed by atoms with van der Waals surface area (Å²) in [5, 5.41) is 4.95. The number of hydrogen-bond donors (Lipinski definition) is 0. The van der Waals surface area contributed by atoms with Gasteiger partial charge >= 0.3 is 0 Å². The molecule has 0 aliphatic carbocycles. The predicted molar refractivity (Wildman–Crippen MR) is 101 cm³/mol. The number of para-hydroxylation sites is 1. The molecule has 4 nitrogen and oxygen atoms in total. The van der Waals surface area contributed by atoms with Gasteiger partial charge in [-0.2, -0.15) is 5.10 Å². The Morgan fingerprint density at radius 2 is 1.38 bits per heavy atom. The zero-order valence-corrected chi connectivity index (χ0v) is 16.2. The molecule has 2 N–H and O–H groups in total. The van der Waals surface area contributed by atoms with Crippen molar-refractivity contribution >= 4 is 23.3 Å². The summed E-state index contributed by atoms with van der Waals surface area (Å²) in [6.07, 6.45) is 1.60. The smallest absolute Gasteiger partial charge is 0.200 e. The molecule has 0 bridgehead atoms. The summed E-state index contributed by atoms with van der Waals surface area (Å²) >= 11 is 0. The average molecular weight is 436 g/mol. The number of rotatable bonds is 2. The summed E-state index contributed by atoms with van der Waals surface area (Å²) in [6, 6.07) is 6.69. The Hall–Kier alpha value is -2.23. The van der Waals surface area contributed by atoms with Crippen LogP contribution in [-0.4, -0.2) is 40.3 Å². The molecular formula is C19H19ClF5N3O. The van der Waals surface area contributed by atoms with Gasteiger partial charge < -0.3 is 10.4 Å². The fourth-order valence-corrected chi connectivity index (χ4v) is 3.62. The van der Waals surface area contributed by atoms with Gasteiger partial charge in [-0.1, -0.05) is 18.2 Å². The van der Waals surface area contributed by atoms with Crippen LogP contribution in [-0.2, 0) is 0 Å². The minimum Gasteiger partial charge on any atom is -0.412 e. The third kappa shape index (κ3) is 3.70. The first-order valence-electron chi connectivity index (χ1n) is 8.58. The predicted octanol–water partition coefficient (Wildman–Crippen LogP) is 4.13. The van der Waals surface area contributed by atoms with Crippen molar-refractivity contribution in [2.24, 2.45) is 0 Å². The van der Waals surface area contributed by atoms with E-state index < -0.39 is 34.8 Å². The Morgan fingerprint density at radius 3 is 1.97 bits per heavy atom. The van der Waals surface area contributed by atoms with Gasteiger partial charge in [0.05, 0.1) is 11.2 Å².